The molecule has 0 bridgehead atoms. The molecule has 7 nitrogen and oxygen atoms in total. The van der Waals surface area contributed by atoms with Gasteiger partial charge in [0.25, 0.3) is 0 Å². The van der Waals surface area contributed by atoms with E-state index in [4.69, 9.17) is 5.26 Å². The first-order valence-electron chi connectivity index (χ1n) is 7.58. The van der Waals surface area contributed by atoms with Crippen molar-refractivity contribution < 1.29 is 9.59 Å². The zero-order chi connectivity index (χ0) is 17.8. The van der Waals surface area contributed by atoms with Crippen molar-refractivity contribution >= 4 is 45.7 Å². The molecule has 2 aromatic rings. The largest absolute Gasteiger partial charge is 0.312 e. The van der Waals surface area contributed by atoms with Gasteiger partial charge in [-0.1, -0.05) is 35.2 Å². The van der Waals surface area contributed by atoms with Crippen molar-refractivity contribution in [2.45, 2.75) is 17.7 Å². The number of nitrogens with one attached hydrogen (secondary N) is 1. The number of aryl methyl sites for hydroxylation is 1. The Morgan fingerprint density at radius 3 is 3.12 bits per heavy atom. The summed E-state index contributed by atoms with van der Waals surface area (Å²) >= 11 is 2.49. The molecule has 1 saturated heterocycles. The first kappa shape index (κ1) is 17.4. The fourth-order valence-electron chi connectivity index (χ4n) is 2.55. The van der Waals surface area contributed by atoms with Crippen LogP contribution in [0.3, 0.4) is 0 Å². The number of thioether (sulfide) groups is 1. The summed E-state index contributed by atoms with van der Waals surface area (Å²) in [5.74, 6) is -0.442. The van der Waals surface area contributed by atoms with Crippen LogP contribution in [-0.2, 0) is 9.59 Å². The molecule has 0 aliphatic carbocycles. The quantitative estimate of drug-likeness (QED) is 0.638. The highest BCUT2D eigenvalue weighted by Gasteiger charge is 2.35. The highest BCUT2D eigenvalue weighted by Crippen LogP contribution is 2.28. The van der Waals surface area contributed by atoms with Crippen molar-refractivity contribution in [1.29, 1.82) is 5.26 Å². The molecule has 0 saturated carbocycles. The standard InChI is InChI=1S/C16H15N5O2S2/c1-10-3-2-4-12(7-10)21-9-11(8-13(21)22)14(23)18-15-19-20-16(25-15)24-6-5-17/h2-4,7,11H,6,8-9H2,1H3,(H,18,19,23)/t11-/m0/s1. The number of hydrogen-bond acceptors (Lipinski definition) is 7. The van der Waals surface area contributed by atoms with Gasteiger partial charge in [-0.2, -0.15) is 5.26 Å². The third kappa shape index (κ3) is 4.15. The molecule has 1 N–H and O–H groups in total. The van der Waals surface area contributed by atoms with Crippen molar-refractivity contribution in [1.82, 2.24) is 10.2 Å². The van der Waals surface area contributed by atoms with E-state index in [9.17, 15) is 9.59 Å². The van der Waals surface area contributed by atoms with Gasteiger partial charge in [0.1, 0.15) is 0 Å². The third-order valence-corrected chi connectivity index (χ3v) is 5.54. The average molecular weight is 373 g/mol. The first-order valence-corrected chi connectivity index (χ1v) is 9.38. The van der Waals surface area contributed by atoms with Gasteiger partial charge in [0.05, 0.1) is 17.7 Å². The third-order valence-electron chi connectivity index (χ3n) is 3.71. The van der Waals surface area contributed by atoms with E-state index in [1.807, 2.05) is 37.3 Å². The SMILES string of the molecule is Cc1cccc(N2C[C@@H](C(=O)Nc3nnc(SCC#N)s3)CC2=O)c1. The summed E-state index contributed by atoms with van der Waals surface area (Å²) in [5, 5.41) is 19.5. The Bertz CT molecular complexity index is 845. The van der Waals surface area contributed by atoms with E-state index in [2.05, 4.69) is 15.5 Å². The minimum atomic E-state index is -0.424. The molecule has 2 amide bonds. The van der Waals surface area contributed by atoms with Gasteiger partial charge in [0.15, 0.2) is 4.34 Å². The van der Waals surface area contributed by atoms with Gasteiger partial charge in [-0.05, 0) is 24.6 Å². The van der Waals surface area contributed by atoms with E-state index in [-0.39, 0.29) is 24.0 Å². The Hall–Kier alpha value is -2.44. The maximum absolute atomic E-state index is 12.4. The summed E-state index contributed by atoms with van der Waals surface area (Å²) in [5.41, 5.74) is 1.88. The highest BCUT2D eigenvalue weighted by atomic mass is 32.2. The van der Waals surface area contributed by atoms with Crippen LogP contribution in [0.5, 0.6) is 0 Å². The first-order chi connectivity index (χ1) is 12.1. The van der Waals surface area contributed by atoms with Crippen LogP contribution in [0.2, 0.25) is 0 Å². The molecule has 1 aromatic carbocycles. The predicted molar refractivity (Wildman–Crippen MR) is 96.5 cm³/mol. The number of aromatic nitrogens is 2. The van der Waals surface area contributed by atoms with Crippen LogP contribution >= 0.6 is 23.1 Å². The van der Waals surface area contributed by atoms with Gasteiger partial charge in [0, 0.05) is 18.7 Å². The topological polar surface area (TPSA) is 99.0 Å². The number of nitriles is 1. The second-order valence-electron chi connectivity index (χ2n) is 5.55. The Morgan fingerprint density at radius 1 is 1.52 bits per heavy atom. The van der Waals surface area contributed by atoms with Gasteiger partial charge in [-0.25, -0.2) is 0 Å². The smallest absolute Gasteiger partial charge is 0.231 e. The van der Waals surface area contributed by atoms with Crippen LogP contribution in [0.15, 0.2) is 28.6 Å². The minimum absolute atomic E-state index is 0.0618. The van der Waals surface area contributed by atoms with Crippen molar-refractivity contribution in [2.24, 2.45) is 5.92 Å². The van der Waals surface area contributed by atoms with Crippen LogP contribution in [0.25, 0.3) is 0 Å². The Kier molecular flexibility index (Phi) is 5.31. The van der Waals surface area contributed by atoms with Gasteiger partial charge in [-0.15, -0.1) is 10.2 Å². The van der Waals surface area contributed by atoms with Gasteiger partial charge >= 0.3 is 0 Å². The monoisotopic (exact) mass is 373 g/mol. The molecule has 1 aromatic heterocycles. The van der Waals surface area contributed by atoms with E-state index >= 15 is 0 Å². The molecule has 1 aliphatic rings. The number of anilines is 2. The van der Waals surface area contributed by atoms with Crippen LogP contribution in [0.1, 0.15) is 12.0 Å². The summed E-state index contributed by atoms with van der Waals surface area (Å²) in [4.78, 5) is 26.3. The van der Waals surface area contributed by atoms with Crippen molar-refractivity contribution in [3.8, 4) is 6.07 Å². The summed E-state index contributed by atoms with van der Waals surface area (Å²) in [7, 11) is 0. The minimum Gasteiger partial charge on any atom is -0.312 e. The summed E-state index contributed by atoms with van der Waals surface area (Å²) in [6.45, 7) is 2.31. The normalized spacial score (nSPS) is 16.7. The molecule has 3 rings (SSSR count). The molecule has 1 aliphatic heterocycles. The maximum Gasteiger partial charge on any atom is 0.231 e. The number of carbonyl (C=O) groups is 2. The zero-order valence-electron chi connectivity index (χ0n) is 13.4. The molecule has 2 heterocycles. The maximum atomic E-state index is 12.4. The lowest BCUT2D eigenvalue weighted by atomic mass is 10.1. The molecule has 9 heteroatoms. The van der Waals surface area contributed by atoms with Crippen LogP contribution < -0.4 is 10.2 Å². The Balaban J connectivity index is 1.63. The van der Waals surface area contributed by atoms with Crippen molar-refractivity contribution in [3.05, 3.63) is 29.8 Å². The molecule has 1 fully saturated rings. The van der Waals surface area contributed by atoms with E-state index in [1.54, 1.807) is 4.90 Å². The van der Waals surface area contributed by atoms with Crippen molar-refractivity contribution in [2.75, 3.05) is 22.5 Å². The van der Waals surface area contributed by atoms with E-state index < -0.39 is 5.92 Å². The number of carbonyl (C=O) groups excluding carboxylic acids is 2. The number of benzene rings is 1. The summed E-state index contributed by atoms with van der Waals surface area (Å²) in [6, 6.07) is 9.67. The lowest BCUT2D eigenvalue weighted by Crippen LogP contribution is -2.28. The van der Waals surface area contributed by atoms with Crippen LogP contribution in [-0.4, -0.2) is 34.3 Å². The lowest BCUT2D eigenvalue weighted by Gasteiger charge is -2.17. The van der Waals surface area contributed by atoms with Crippen LogP contribution in [0.4, 0.5) is 10.8 Å². The van der Waals surface area contributed by atoms with E-state index in [0.29, 0.717) is 16.0 Å². The second kappa shape index (κ2) is 7.63. The van der Waals surface area contributed by atoms with Crippen molar-refractivity contribution in [3.63, 3.8) is 0 Å². The molecule has 0 radical (unpaired) electrons. The zero-order valence-corrected chi connectivity index (χ0v) is 15.1. The average Bonchev–Trinajstić information content (AvgIpc) is 3.19. The molecule has 128 valence electrons. The molecular weight excluding hydrogens is 358 g/mol. The number of amides is 2. The fourth-order valence-corrected chi connectivity index (χ4v) is 3.96. The van der Waals surface area contributed by atoms with Gasteiger partial charge < -0.3 is 10.2 Å². The number of nitrogens with zero attached hydrogens (tertiary/aromatic N) is 4. The molecule has 25 heavy (non-hydrogen) atoms. The summed E-state index contributed by atoms with van der Waals surface area (Å²) < 4.78 is 0.626. The van der Waals surface area contributed by atoms with E-state index in [0.717, 1.165) is 11.3 Å². The molecule has 0 spiro atoms. The number of hydrogen-bond donors (Lipinski definition) is 1. The second-order valence-corrected chi connectivity index (χ2v) is 7.75. The molecule has 0 unspecified atom stereocenters. The Morgan fingerprint density at radius 2 is 2.36 bits per heavy atom. The highest BCUT2D eigenvalue weighted by molar-refractivity contribution is 8.01. The Labute approximate surface area is 153 Å². The van der Waals surface area contributed by atoms with E-state index in [1.165, 1.54) is 23.1 Å². The number of rotatable bonds is 5. The molecular formula is C16H15N5O2S2. The fraction of sp³-hybridized carbons (Fsp3) is 0.312. The van der Waals surface area contributed by atoms with Gasteiger partial charge in [0.2, 0.25) is 16.9 Å². The summed E-state index contributed by atoms with van der Waals surface area (Å²) in [6.07, 6.45) is 0.175. The van der Waals surface area contributed by atoms with Crippen LogP contribution in [0, 0.1) is 24.2 Å². The molecule has 1 atom stereocenters. The predicted octanol–water partition coefficient (Wildman–Crippen LogP) is 2.45. The van der Waals surface area contributed by atoms with Gasteiger partial charge in [-0.3, -0.25) is 9.59 Å². The lowest BCUT2D eigenvalue weighted by molar-refractivity contribution is -0.122.